The summed E-state index contributed by atoms with van der Waals surface area (Å²) < 4.78 is 5.49. The average Bonchev–Trinajstić information content (AvgIpc) is 3.23. The number of thiophene rings is 1. The van der Waals surface area contributed by atoms with Gasteiger partial charge >= 0.3 is 12.1 Å². The smallest absolute Gasteiger partial charge is 0.410 e. The lowest BCUT2D eigenvalue weighted by Gasteiger charge is -2.34. The molecule has 4 heterocycles. The molecule has 198 valence electrons. The third-order valence-corrected chi connectivity index (χ3v) is 7.47. The van der Waals surface area contributed by atoms with Crippen LogP contribution < -0.4 is 15.5 Å². The molecule has 2 aliphatic heterocycles. The van der Waals surface area contributed by atoms with Crippen LogP contribution in [-0.2, 0) is 4.74 Å². The van der Waals surface area contributed by atoms with Crippen LogP contribution in [0.5, 0.6) is 0 Å². The summed E-state index contributed by atoms with van der Waals surface area (Å²) in [5.41, 5.74) is 1.42. The molecule has 4 amide bonds. The number of pyridine rings is 1. The predicted molar refractivity (Wildman–Crippen MR) is 146 cm³/mol. The summed E-state index contributed by atoms with van der Waals surface area (Å²) in [6.45, 7) is 7.84. The summed E-state index contributed by atoms with van der Waals surface area (Å²) in [7, 11) is 0. The van der Waals surface area contributed by atoms with Crippen LogP contribution in [0.3, 0.4) is 0 Å². The van der Waals surface area contributed by atoms with Gasteiger partial charge in [0, 0.05) is 30.9 Å². The van der Waals surface area contributed by atoms with Crippen LogP contribution in [0.4, 0.5) is 26.7 Å². The molecule has 1 fully saturated rings. The molecule has 0 unspecified atom stereocenters. The topological polar surface area (TPSA) is 121 Å². The van der Waals surface area contributed by atoms with Gasteiger partial charge < -0.3 is 20.3 Å². The summed E-state index contributed by atoms with van der Waals surface area (Å²) in [5.74, 6) is -0.440. The van der Waals surface area contributed by atoms with Gasteiger partial charge in [-0.2, -0.15) is 0 Å². The number of amides is 4. The van der Waals surface area contributed by atoms with E-state index in [9.17, 15) is 19.2 Å². The van der Waals surface area contributed by atoms with Crippen LogP contribution >= 0.6 is 11.3 Å². The third-order valence-electron chi connectivity index (χ3n) is 6.37. The molecule has 1 saturated heterocycles. The monoisotopic (exact) mass is 535 g/mol. The number of ether oxygens (including phenoxy) is 1. The van der Waals surface area contributed by atoms with Crippen molar-refractivity contribution in [1.29, 1.82) is 0 Å². The van der Waals surface area contributed by atoms with Crippen molar-refractivity contribution in [3.8, 4) is 0 Å². The normalized spacial score (nSPS) is 17.3. The maximum atomic E-state index is 13.4. The number of Topliss-reactive ketones (excluding diaryl/α,β-unsaturated/α-hetero) is 1. The van der Waals surface area contributed by atoms with Gasteiger partial charge in [0.2, 0.25) is 0 Å². The first-order chi connectivity index (χ1) is 18.0. The number of nitrogens with zero attached hydrogens (tertiary/aromatic N) is 3. The maximum absolute atomic E-state index is 13.4. The fourth-order valence-electron chi connectivity index (χ4n) is 4.70. The first-order valence-electron chi connectivity index (χ1n) is 12.4. The summed E-state index contributed by atoms with van der Waals surface area (Å²) in [6, 6.07) is 7.87. The van der Waals surface area contributed by atoms with Crippen LogP contribution in [0.2, 0.25) is 0 Å². The van der Waals surface area contributed by atoms with Crippen LogP contribution in [0.25, 0.3) is 10.2 Å². The lowest BCUT2D eigenvalue weighted by molar-refractivity contribution is 0.0185. The Balaban J connectivity index is 1.42. The Morgan fingerprint density at radius 2 is 2.00 bits per heavy atom. The Labute approximate surface area is 224 Å². The zero-order valence-electron chi connectivity index (χ0n) is 21.7. The second-order valence-electron chi connectivity index (χ2n) is 10.4. The van der Waals surface area contributed by atoms with E-state index in [4.69, 9.17) is 4.74 Å². The molecule has 5 rings (SSSR count). The van der Waals surface area contributed by atoms with E-state index in [0.29, 0.717) is 50.8 Å². The second kappa shape index (κ2) is 9.71. The number of likely N-dealkylation sites (tertiary alicyclic amines) is 1. The van der Waals surface area contributed by atoms with Crippen molar-refractivity contribution in [2.75, 3.05) is 23.3 Å². The fourth-order valence-corrected chi connectivity index (χ4v) is 5.73. The highest BCUT2D eigenvalue weighted by atomic mass is 32.1. The molecule has 2 aromatic heterocycles. The van der Waals surface area contributed by atoms with Crippen molar-refractivity contribution in [2.45, 2.75) is 52.2 Å². The number of piperidine rings is 1. The predicted octanol–water partition coefficient (Wildman–Crippen LogP) is 5.31. The SMILES string of the molecule is CC(=O)c1cccc(N2C(=O)Nc3c(C(=O)N[C@@H]4CCCN(C(=O)OC(C)(C)C)C4)sc4nccc2c34)c1. The van der Waals surface area contributed by atoms with Gasteiger partial charge in [0.15, 0.2) is 5.78 Å². The Morgan fingerprint density at radius 3 is 2.74 bits per heavy atom. The van der Waals surface area contributed by atoms with Crippen molar-refractivity contribution in [2.24, 2.45) is 0 Å². The average molecular weight is 536 g/mol. The van der Waals surface area contributed by atoms with E-state index in [1.165, 1.54) is 23.2 Å². The molecule has 0 spiro atoms. The minimum atomic E-state index is -0.600. The minimum Gasteiger partial charge on any atom is -0.444 e. The highest BCUT2D eigenvalue weighted by molar-refractivity contribution is 7.21. The quantitative estimate of drug-likeness (QED) is 0.437. The van der Waals surface area contributed by atoms with Crippen LogP contribution in [0.1, 0.15) is 60.6 Å². The van der Waals surface area contributed by atoms with E-state index in [0.717, 1.165) is 12.8 Å². The molecule has 3 aromatic rings. The van der Waals surface area contributed by atoms with Crippen molar-refractivity contribution in [3.05, 3.63) is 47.0 Å². The molecule has 1 aromatic carbocycles. The molecule has 0 radical (unpaired) electrons. The number of benzene rings is 1. The Kier molecular flexibility index (Phi) is 6.56. The van der Waals surface area contributed by atoms with Crippen molar-refractivity contribution >= 4 is 62.4 Å². The standard InChI is InChI=1S/C27H29N5O5S/c1-15(33)16-7-5-9-18(13-16)32-19-10-11-28-24-20(19)21(30-25(32)35)22(38-24)23(34)29-17-8-6-12-31(14-17)26(36)37-27(2,3)4/h5,7,9-11,13,17H,6,8,12,14H2,1-4H3,(H,29,34)(H,30,35)/t17-/m1/s1. The van der Waals surface area contributed by atoms with Gasteiger partial charge in [-0.05, 0) is 58.7 Å². The van der Waals surface area contributed by atoms with Gasteiger partial charge in [-0.15, -0.1) is 11.3 Å². The molecule has 0 aliphatic carbocycles. The number of urea groups is 1. The molecule has 1 atom stereocenters. The van der Waals surface area contributed by atoms with E-state index < -0.39 is 17.7 Å². The molecule has 2 N–H and O–H groups in total. The van der Waals surface area contributed by atoms with E-state index in [1.807, 2.05) is 20.8 Å². The number of aromatic nitrogens is 1. The largest absolute Gasteiger partial charge is 0.444 e. The number of rotatable bonds is 4. The van der Waals surface area contributed by atoms with Crippen molar-refractivity contribution < 1.29 is 23.9 Å². The number of nitrogens with one attached hydrogen (secondary N) is 2. The lowest BCUT2D eigenvalue weighted by atomic mass is 10.1. The molecule has 0 bridgehead atoms. The molecule has 10 nitrogen and oxygen atoms in total. The van der Waals surface area contributed by atoms with Crippen LogP contribution in [0.15, 0.2) is 36.5 Å². The number of carbonyl (C=O) groups excluding carboxylic acids is 4. The van der Waals surface area contributed by atoms with Crippen molar-refractivity contribution in [1.82, 2.24) is 15.2 Å². The highest BCUT2D eigenvalue weighted by Gasteiger charge is 2.34. The number of ketones is 1. The molecule has 0 saturated carbocycles. The number of hydrogen-bond donors (Lipinski definition) is 2. The second-order valence-corrected chi connectivity index (χ2v) is 11.4. The Morgan fingerprint density at radius 1 is 1.21 bits per heavy atom. The maximum Gasteiger partial charge on any atom is 0.410 e. The lowest BCUT2D eigenvalue weighted by Crippen LogP contribution is -2.50. The third kappa shape index (κ3) is 4.93. The number of hydrogen-bond acceptors (Lipinski definition) is 7. The summed E-state index contributed by atoms with van der Waals surface area (Å²) in [6.07, 6.45) is 2.66. The van der Waals surface area contributed by atoms with E-state index in [-0.39, 0.29) is 17.7 Å². The van der Waals surface area contributed by atoms with Crippen LogP contribution in [0, 0.1) is 0 Å². The summed E-state index contributed by atoms with van der Waals surface area (Å²) in [5, 5.41) is 6.56. The van der Waals surface area contributed by atoms with Crippen molar-refractivity contribution in [3.63, 3.8) is 0 Å². The molecule has 38 heavy (non-hydrogen) atoms. The van der Waals surface area contributed by atoms with E-state index >= 15 is 0 Å². The van der Waals surface area contributed by atoms with E-state index in [2.05, 4.69) is 15.6 Å². The zero-order valence-corrected chi connectivity index (χ0v) is 22.5. The van der Waals surface area contributed by atoms with E-state index in [1.54, 1.807) is 41.4 Å². The van der Waals surface area contributed by atoms with Crippen LogP contribution in [-0.4, -0.2) is 58.4 Å². The van der Waals surface area contributed by atoms with Gasteiger partial charge in [-0.25, -0.2) is 14.6 Å². The molecule has 11 heteroatoms. The van der Waals surface area contributed by atoms with Gasteiger partial charge in [0.05, 0.1) is 22.4 Å². The minimum absolute atomic E-state index is 0.104. The van der Waals surface area contributed by atoms with Gasteiger partial charge in [-0.3, -0.25) is 14.5 Å². The number of anilines is 3. The highest BCUT2D eigenvalue weighted by Crippen LogP contribution is 2.45. The summed E-state index contributed by atoms with van der Waals surface area (Å²) >= 11 is 1.20. The molecular weight excluding hydrogens is 506 g/mol. The van der Waals surface area contributed by atoms with Gasteiger partial charge in [0.25, 0.3) is 5.91 Å². The first-order valence-corrected chi connectivity index (χ1v) is 13.3. The first kappa shape index (κ1) is 25.7. The Hall–Kier alpha value is -3.99. The summed E-state index contributed by atoms with van der Waals surface area (Å²) in [4.78, 5) is 59.6. The Bertz CT molecular complexity index is 1460. The zero-order chi connectivity index (χ0) is 27.2. The molecule has 2 aliphatic rings. The van der Waals surface area contributed by atoms with Gasteiger partial charge in [-0.1, -0.05) is 12.1 Å². The molecular formula is C27H29N5O5S. The number of carbonyl (C=O) groups is 4. The van der Waals surface area contributed by atoms with Gasteiger partial charge in [0.1, 0.15) is 15.3 Å². The fraction of sp³-hybridized carbons (Fsp3) is 0.370.